The van der Waals surface area contributed by atoms with Crippen molar-refractivity contribution < 1.29 is 0 Å². The van der Waals surface area contributed by atoms with E-state index >= 15 is 0 Å². The molecule has 3 nitrogen and oxygen atoms in total. The monoisotopic (exact) mass is 351 g/mol. The highest BCUT2D eigenvalue weighted by atomic mass is 127. The molecule has 17 heavy (non-hydrogen) atoms. The normalized spacial score (nSPS) is 21.6. The second-order valence-electron chi connectivity index (χ2n) is 6.04. The lowest BCUT2D eigenvalue weighted by atomic mass is 10.0. The fraction of sp³-hybridized carbons (Fsp3) is 0.769. The molecule has 0 aromatic carbocycles. The number of hydrogen-bond acceptors (Lipinski definition) is 1. The highest BCUT2D eigenvalue weighted by molar-refractivity contribution is 14.0. The summed E-state index contributed by atoms with van der Waals surface area (Å²) in [5, 5.41) is 3.20. The summed E-state index contributed by atoms with van der Waals surface area (Å²) in [4.78, 5) is 4.20. The average molecular weight is 351 g/mol. The third-order valence-electron chi connectivity index (χ3n) is 4.33. The Morgan fingerprint density at radius 1 is 1.29 bits per heavy atom. The molecule has 0 unspecified atom stereocenters. The highest BCUT2D eigenvalue weighted by Crippen LogP contribution is 2.67. The maximum absolute atomic E-state index is 5.77. The van der Waals surface area contributed by atoms with E-state index in [1.54, 1.807) is 0 Å². The smallest absolute Gasteiger partial charge is 0.188 e. The predicted molar refractivity (Wildman–Crippen MR) is 85.8 cm³/mol. The molecule has 0 saturated heterocycles. The number of nitrogens with two attached hydrogens (primary N) is 1. The van der Waals surface area contributed by atoms with E-state index in [9.17, 15) is 0 Å². The van der Waals surface area contributed by atoms with Gasteiger partial charge in [-0.1, -0.05) is 39.8 Å². The van der Waals surface area contributed by atoms with E-state index in [0.29, 0.717) is 29.3 Å². The van der Waals surface area contributed by atoms with Crippen LogP contribution in [-0.2, 0) is 0 Å². The Hall–Kier alpha value is -0.260. The maximum Gasteiger partial charge on any atom is 0.188 e. The zero-order valence-corrected chi connectivity index (χ0v) is 14.0. The summed E-state index contributed by atoms with van der Waals surface area (Å²) in [5.74, 6) is 1.19. The first-order valence-electron chi connectivity index (χ1n) is 5.87. The minimum absolute atomic E-state index is 0. The molecule has 0 heterocycles. The number of nitrogens with zero attached hydrogens (tertiary/aromatic N) is 1. The van der Waals surface area contributed by atoms with Gasteiger partial charge in [0.2, 0.25) is 0 Å². The van der Waals surface area contributed by atoms with Crippen molar-refractivity contribution in [3.63, 3.8) is 0 Å². The molecule has 0 spiro atoms. The van der Waals surface area contributed by atoms with Gasteiger partial charge in [-0.2, -0.15) is 0 Å². The fourth-order valence-corrected chi connectivity index (χ4v) is 2.33. The SMILES string of the molecule is C=C(C)CN=C(N)NCC1C(C)(C)C1(C)C.I. The van der Waals surface area contributed by atoms with Crippen LogP contribution in [0, 0.1) is 16.7 Å². The van der Waals surface area contributed by atoms with Crippen molar-refractivity contribution in [2.45, 2.75) is 34.6 Å². The Morgan fingerprint density at radius 2 is 1.76 bits per heavy atom. The van der Waals surface area contributed by atoms with E-state index < -0.39 is 0 Å². The van der Waals surface area contributed by atoms with Crippen molar-refractivity contribution in [2.24, 2.45) is 27.5 Å². The molecule has 1 saturated carbocycles. The second-order valence-corrected chi connectivity index (χ2v) is 6.04. The van der Waals surface area contributed by atoms with Crippen molar-refractivity contribution in [3.8, 4) is 0 Å². The third-order valence-corrected chi connectivity index (χ3v) is 4.33. The fourth-order valence-electron chi connectivity index (χ4n) is 2.33. The Kier molecular flexibility index (Phi) is 5.50. The molecule has 1 aliphatic carbocycles. The molecule has 0 amide bonds. The first-order chi connectivity index (χ1) is 7.19. The van der Waals surface area contributed by atoms with E-state index in [4.69, 9.17) is 5.73 Å². The molecule has 100 valence electrons. The van der Waals surface area contributed by atoms with E-state index in [1.807, 2.05) is 6.92 Å². The summed E-state index contributed by atoms with van der Waals surface area (Å²) in [6, 6.07) is 0. The molecule has 4 heteroatoms. The first-order valence-corrected chi connectivity index (χ1v) is 5.87. The number of hydrogen-bond donors (Lipinski definition) is 2. The highest BCUT2D eigenvalue weighted by Gasteiger charge is 2.64. The van der Waals surface area contributed by atoms with Crippen LogP contribution in [0.25, 0.3) is 0 Å². The van der Waals surface area contributed by atoms with E-state index in [0.717, 1.165) is 12.1 Å². The number of nitrogens with one attached hydrogen (secondary N) is 1. The maximum atomic E-state index is 5.77. The number of aliphatic imine (C=N–C) groups is 1. The summed E-state index contributed by atoms with van der Waals surface area (Å²) in [6.45, 7) is 16.5. The zero-order chi connectivity index (χ0) is 12.6. The van der Waals surface area contributed by atoms with Crippen LogP contribution in [0.5, 0.6) is 0 Å². The van der Waals surface area contributed by atoms with Gasteiger partial charge in [-0.05, 0) is 23.7 Å². The third kappa shape index (κ3) is 3.60. The first kappa shape index (κ1) is 16.7. The second kappa shape index (κ2) is 5.59. The van der Waals surface area contributed by atoms with Crippen LogP contribution >= 0.6 is 24.0 Å². The largest absolute Gasteiger partial charge is 0.370 e. The molecule has 0 radical (unpaired) electrons. The van der Waals surface area contributed by atoms with Crippen molar-refractivity contribution in [2.75, 3.05) is 13.1 Å². The molecule has 0 aromatic heterocycles. The van der Waals surface area contributed by atoms with Crippen LogP contribution in [0.3, 0.4) is 0 Å². The minimum Gasteiger partial charge on any atom is -0.370 e. The van der Waals surface area contributed by atoms with E-state index in [-0.39, 0.29) is 24.0 Å². The lowest BCUT2D eigenvalue weighted by molar-refractivity contribution is 0.457. The summed E-state index contributed by atoms with van der Waals surface area (Å²) >= 11 is 0. The Balaban J connectivity index is 0.00000256. The van der Waals surface area contributed by atoms with Gasteiger partial charge in [0.1, 0.15) is 0 Å². The quantitative estimate of drug-likeness (QED) is 0.354. The average Bonchev–Trinajstić information content (AvgIpc) is 2.51. The van der Waals surface area contributed by atoms with Crippen LogP contribution in [-0.4, -0.2) is 19.0 Å². The summed E-state index contributed by atoms with van der Waals surface area (Å²) < 4.78 is 0. The van der Waals surface area contributed by atoms with Gasteiger partial charge in [-0.3, -0.25) is 0 Å². The van der Waals surface area contributed by atoms with Gasteiger partial charge in [-0.15, -0.1) is 24.0 Å². The van der Waals surface area contributed by atoms with Crippen LogP contribution in [0.15, 0.2) is 17.1 Å². The summed E-state index contributed by atoms with van der Waals surface area (Å²) in [6.07, 6.45) is 0. The van der Waals surface area contributed by atoms with E-state index in [2.05, 4.69) is 44.6 Å². The van der Waals surface area contributed by atoms with Gasteiger partial charge < -0.3 is 11.1 Å². The Labute approximate surface area is 122 Å². The standard InChI is InChI=1S/C13H25N3.HI/c1-9(2)7-15-11(14)16-8-10-12(3,4)13(10,5)6;/h10H,1,7-8H2,2-6H3,(H3,14,15,16);1H. The van der Waals surface area contributed by atoms with Crippen LogP contribution in [0.1, 0.15) is 34.6 Å². The molecule has 1 rings (SSSR count). The molecule has 1 aliphatic rings. The number of rotatable bonds is 4. The van der Waals surface area contributed by atoms with Gasteiger partial charge in [-0.25, -0.2) is 4.99 Å². The van der Waals surface area contributed by atoms with Crippen molar-refractivity contribution in [1.29, 1.82) is 0 Å². The van der Waals surface area contributed by atoms with Crippen LogP contribution in [0.4, 0.5) is 0 Å². The van der Waals surface area contributed by atoms with Crippen molar-refractivity contribution >= 4 is 29.9 Å². The lowest BCUT2D eigenvalue weighted by Gasteiger charge is -2.06. The topological polar surface area (TPSA) is 50.4 Å². The van der Waals surface area contributed by atoms with Crippen molar-refractivity contribution in [1.82, 2.24) is 5.32 Å². The molecule has 0 bridgehead atoms. The van der Waals surface area contributed by atoms with Gasteiger partial charge in [0.05, 0.1) is 6.54 Å². The van der Waals surface area contributed by atoms with Gasteiger partial charge in [0.25, 0.3) is 0 Å². The predicted octanol–water partition coefficient (Wildman–Crippen LogP) is 2.77. The number of guanidine groups is 1. The van der Waals surface area contributed by atoms with Gasteiger partial charge in [0.15, 0.2) is 5.96 Å². The molecule has 1 fully saturated rings. The van der Waals surface area contributed by atoms with Crippen molar-refractivity contribution in [3.05, 3.63) is 12.2 Å². The van der Waals surface area contributed by atoms with Crippen LogP contribution < -0.4 is 11.1 Å². The Morgan fingerprint density at radius 3 is 2.12 bits per heavy atom. The molecule has 3 N–H and O–H groups in total. The summed E-state index contributed by atoms with van der Waals surface area (Å²) in [7, 11) is 0. The zero-order valence-electron chi connectivity index (χ0n) is 11.6. The molecular formula is C13H26IN3. The summed E-state index contributed by atoms with van der Waals surface area (Å²) in [5.41, 5.74) is 7.59. The molecule has 0 aliphatic heterocycles. The van der Waals surface area contributed by atoms with Gasteiger partial charge >= 0.3 is 0 Å². The lowest BCUT2D eigenvalue weighted by Crippen LogP contribution is -2.34. The van der Waals surface area contributed by atoms with E-state index in [1.165, 1.54) is 0 Å². The Bertz CT molecular complexity index is 305. The number of halogens is 1. The molecule has 0 aromatic rings. The minimum atomic E-state index is 0. The molecular weight excluding hydrogens is 325 g/mol. The molecule has 0 atom stereocenters. The van der Waals surface area contributed by atoms with Gasteiger partial charge in [0, 0.05) is 6.54 Å². The van der Waals surface area contributed by atoms with Crippen LogP contribution in [0.2, 0.25) is 0 Å².